The van der Waals surface area contributed by atoms with Crippen molar-refractivity contribution in [2.75, 3.05) is 25.9 Å². The smallest absolute Gasteiger partial charge is 0.416 e. The van der Waals surface area contributed by atoms with Gasteiger partial charge in [-0.3, -0.25) is 9.59 Å². The molecular formula is C27H26F3NO3S. The van der Waals surface area contributed by atoms with Gasteiger partial charge < -0.3 is 9.64 Å². The van der Waals surface area contributed by atoms with Crippen LogP contribution < -0.4 is 0 Å². The second-order valence-electron chi connectivity index (χ2n) is 9.60. The van der Waals surface area contributed by atoms with Crippen LogP contribution in [0, 0.1) is 0 Å². The molecule has 184 valence electrons. The number of piperidine rings is 1. The summed E-state index contributed by atoms with van der Waals surface area (Å²) in [6.07, 6.45) is 9.53. The second-order valence-corrected chi connectivity index (χ2v) is 10.6. The van der Waals surface area contributed by atoms with E-state index in [1.54, 1.807) is 12.2 Å². The van der Waals surface area contributed by atoms with Gasteiger partial charge in [0.25, 0.3) is 0 Å². The molecule has 0 saturated carbocycles. The van der Waals surface area contributed by atoms with Crippen LogP contribution in [-0.2, 0) is 14.3 Å². The third-order valence-electron chi connectivity index (χ3n) is 7.10. The third-order valence-corrected chi connectivity index (χ3v) is 8.43. The number of hydrogen-bond acceptors (Lipinski definition) is 5. The van der Waals surface area contributed by atoms with E-state index in [1.807, 2.05) is 12.2 Å². The summed E-state index contributed by atoms with van der Waals surface area (Å²) in [5.74, 6) is 0.121. The molecule has 0 N–H and O–H groups in total. The zero-order valence-corrected chi connectivity index (χ0v) is 20.2. The first-order valence-corrected chi connectivity index (χ1v) is 12.7. The van der Waals surface area contributed by atoms with E-state index in [0.29, 0.717) is 40.4 Å². The molecule has 5 aliphatic rings. The molecule has 4 nitrogen and oxygen atoms in total. The van der Waals surface area contributed by atoms with Crippen molar-refractivity contribution in [3.63, 3.8) is 0 Å². The first-order chi connectivity index (χ1) is 16.7. The Labute approximate surface area is 206 Å². The number of ether oxygens (including phenoxy) is 1. The lowest BCUT2D eigenvalue weighted by Gasteiger charge is -2.45. The molecule has 0 atom stereocenters. The van der Waals surface area contributed by atoms with E-state index in [2.05, 4.69) is 11.9 Å². The van der Waals surface area contributed by atoms with Crippen LogP contribution in [0.15, 0.2) is 81.1 Å². The van der Waals surface area contributed by atoms with Gasteiger partial charge in [-0.15, -0.1) is 11.8 Å². The van der Waals surface area contributed by atoms with Crippen LogP contribution in [0.5, 0.6) is 0 Å². The molecular weight excluding hydrogens is 475 g/mol. The Morgan fingerprint density at radius 1 is 1.03 bits per heavy atom. The van der Waals surface area contributed by atoms with Crippen LogP contribution >= 0.6 is 11.8 Å². The van der Waals surface area contributed by atoms with Gasteiger partial charge in [-0.2, -0.15) is 13.2 Å². The molecule has 2 aliphatic heterocycles. The van der Waals surface area contributed by atoms with Gasteiger partial charge >= 0.3 is 6.18 Å². The van der Waals surface area contributed by atoms with Gasteiger partial charge in [0.1, 0.15) is 16.3 Å². The molecule has 2 heterocycles. The third kappa shape index (κ3) is 4.78. The Morgan fingerprint density at radius 2 is 1.80 bits per heavy atom. The number of nitrogens with zero attached hydrogens (tertiary/aromatic N) is 1. The number of carbonyl (C=O) groups excluding carboxylic acids is 2. The number of hydrogen-bond donors (Lipinski definition) is 0. The van der Waals surface area contributed by atoms with E-state index in [-0.39, 0.29) is 12.0 Å². The molecule has 0 aromatic rings. The van der Waals surface area contributed by atoms with Gasteiger partial charge in [-0.1, -0.05) is 48.1 Å². The van der Waals surface area contributed by atoms with E-state index in [1.165, 1.54) is 23.9 Å². The lowest BCUT2D eigenvalue weighted by molar-refractivity contribution is -0.132. The molecule has 0 unspecified atom stereocenters. The van der Waals surface area contributed by atoms with Crippen LogP contribution in [0.3, 0.4) is 0 Å². The first kappa shape index (κ1) is 24.1. The number of allylic oxidation sites excluding steroid dienone is 12. The highest BCUT2D eigenvalue weighted by Crippen LogP contribution is 2.47. The maximum Gasteiger partial charge on any atom is 0.416 e. The summed E-state index contributed by atoms with van der Waals surface area (Å²) >= 11 is 1.43. The van der Waals surface area contributed by atoms with Crippen LogP contribution in [0.4, 0.5) is 13.2 Å². The molecule has 0 aromatic carbocycles. The minimum Gasteiger partial charge on any atom is -0.484 e. The minimum absolute atomic E-state index is 0.207. The van der Waals surface area contributed by atoms with Crippen molar-refractivity contribution in [1.82, 2.24) is 4.90 Å². The standard InChI is InChI=1S/C27H26F3NO3S/c1-31-13-11-26(12-14-31)16-35-25-23(33)22(32)20-9-6-18(7-10-21(20)24(25)34-26)15-17-3-2-4-19(8-5-17)27(28,29)30/h3-6,8-10H,2,7,11-16H2,1H3. The Morgan fingerprint density at radius 3 is 2.54 bits per heavy atom. The maximum absolute atomic E-state index is 13.0. The number of Topliss-reactive ketones (excluding diaryl/α,β-unsaturated/α-hetero) is 2. The quantitative estimate of drug-likeness (QED) is 0.466. The fourth-order valence-corrected chi connectivity index (χ4v) is 6.19. The SMILES string of the molecule is CN1CCC2(CC1)CSC1=C(O2)C2=CCC(CC3=CCC=C(C(F)(F)F)C=C3)=CC=C2C(=O)C1=O. The van der Waals surface area contributed by atoms with Crippen molar-refractivity contribution in [3.8, 4) is 0 Å². The number of fused-ring (bicyclic) bond motifs is 2. The molecule has 1 saturated heterocycles. The molecule has 3 aliphatic carbocycles. The molecule has 1 spiro atoms. The highest BCUT2D eigenvalue weighted by Gasteiger charge is 2.46. The maximum atomic E-state index is 13.0. The van der Waals surface area contributed by atoms with Crippen molar-refractivity contribution < 1.29 is 27.5 Å². The predicted molar refractivity (Wildman–Crippen MR) is 130 cm³/mol. The first-order valence-electron chi connectivity index (χ1n) is 11.7. The summed E-state index contributed by atoms with van der Waals surface area (Å²) in [6, 6.07) is 0. The molecule has 1 fully saturated rings. The van der Waals surface area contributed by atoms with Crippen LogP contribution in [0.25, 0.3) is 0 Å². The van der Waals surface area contributed by atoms with Gasteiger partial charge in [-0.05, 0) is 31.9 Å². The minimum atomic E-state index is -4.37. The summed E-state index contributed by atoms with van der Waals surface area (Å²) < 4.78 is 45.7. The van der Waals surface area contributed by atoms with Gasteiger partial charge in [-0.25, -0.2) is 0 Å². The Bertz CT molecular complexity index is 1190. The molecule has 0 aromatic heterocycles. The monoisotopic (exact) mass is 501 g/mol. The van der Waals surface area contributed by atoms with Crippen molar-refractivity contribution in [1.29, 1.82) is 0 Å². The van der Waals surface area contributed by atoms with Crippen molar-refractivity contribution in [2.45, 2.75) is 43.9 Å². The summed E-state index contributed by atoms with van der Waals surface area (Å²) in [7, 11) is 2.08. The Balaban J connectivity index is 1.38. The number of likely N-dealkylation sites (tertiary alicyclic amines) is 1. The molecule has 5 rings (SSSR count). The zero-order chi connectivity index (χ0) is 24.8. The normalized spacial score (nSPS) is 24.9. The van der Waals surface area contributed by atoms with Gasteiger partial charge in [0.05, 0.1) is 5.57 Å². The van der Waals surface area contributed by atoms with E-state index < -0.39 is 23.3 Å². The lowest BCUT2D eigenvalue weighted by atomic mass is 9.88. The molecule has 0 radical (unpaired) electrons. The fourth-order valence-electron chi connectivity index (χ4n) is 4.93. The van der Waals surface area contributed by atoms with Crippen LogP contribution in [0.2, 0.25) is 0 Å². The van der Waals surface area contributed by atoms with Crippen molar-refractivity contribution >= 4 is 23.3 Å². The number of rotatable bonds is 2. The summed E-state index contributed by atoms with van der Waals surface area (Å²) in [5.41, 5.74) is 1.74. The van der Waals surface area contributed by atoms with Crippen molar-refractivity contribution in [2.24, 2.45) is 0 Å². The average Bonchev–Trinajstić information content (AvgIpc) is 3.19. The highest BCUT2D eigenvalue weighted by atomic mass is 32.2. The molecule has 8 heteroatoms. The molecule has 35 heavy (non-hydrogen) atoms. The van der Waals surface area contributed by atoms with E-state index in [0.717, 1.165) is 43.2 Å². The number of alkyl halides is 3. The number of ketones is 2. The van der Waals surface area contributed by atoms with Crippen LogP contribution in [-0.4, -0.2) is 54.1 Å². The van der Waals surface area contributed by atoms with E-state index in [4.69, 9.17) is 4.74 Å². The lowest BCUT2D eigenvalue weighted by Crippen LogP contribution is -2.49. The van der Waals surface area contributed by atoms with E-state index >= 15 is 0 Å². The fraction of sp³-hybridized carbons (Fsp3) is 0.407. The second kappa shape index (κ2) is 9.13. The van der Waals surface area contributed by atoms with Crippen molar-refractivity contribution in [3.05, 3.63) is 81.1 Å². The Kier molecular flexibility index (Phi) is 6.30. The molecule has 0 bridgehead atoms. The zero-order valence-electron chi connectivity index (χ0n) is 19.4. The molecule has 0 amide bonds. The van der Waals surface area contributed by atoms with Gasteiger partial charge in [0.2, 0.25) is 11.6 Å². The van der Waals surface area contributed by atoms with Gasteiger partial charge in [0.15, 0.2) is 0 Å². The summed E-state index contributed by atoms with van der Waals surface area (Å²) in [6.45, 7) is 1.83. The topological polar surface area (TPSA) is 46.6 Å². The average molecular weight is 502 g/mol. The highest BCUT2D eigenvalue weighted by molar-refractivity contribution is 8.04. The number of carbonyl (C=O) groups is 2. The summed E-state index contributed by atoms with van der Waals surface area (Å²) in [4.78, 5) is 28.4. The largest absolute Gasteiger partial charge is 0.484 e. The number of thioether (sulfide) groups is 1. The summed E-state index contributed by atoms with van der Waals surface area (Å²) in [5, 5.41) is 0. The van der Waals surface area contributed by atoms with E-state index in [9.17, 15) is 22.8 Å². The van der Waals surface area contributed by atoms with Gasteiger partial charge in [0, 0.05) is 42.8 Å². The number of halogens is 3. The van der Waals surface area contributed by atoms with Crippen LogP contribution in [0.1, 0.15) is 32.1 Å². The predicted octanol–water partition coefficient (Wildman–Crippen LogP) is 5.53. The Hall–Kier alpha value is -2.58.